The zero-order valence-electron chi connectivity index (χ0n) is 15.8. The number of primary amides is 1. The van der Waals surface area contributed by atoms with Crippen molar-refractivity contribution in [3.8, 4) is 11.1 Å². The van der Waals surface area contributed by atoms with Gasteiger partial charge >= 0.3 is 12.1 Å². The summed E-state index contributed by atoms with van der Waals surface area (Å²) in [5, 5.41) is 9.46. The van der Waals surface area contributed by atoms with Crippen molar-refractivity contribution >= 4 is 18.0 Å². The van der Waals surface area contributed by atoms with Gasteiger partial charge in [0, 0.05) is 12.5 Å². The van der Waals surface area contributed by atoms with E-state index in [1.54, 1.807) is 0 Å². The fourth-order valence-electron chi connectivity index (χ4n) is 4.34. The molecule has 1 aliphatic carbocycles. The van der Waals surface area contributed by atoms with Gasteiger partial charge in [-0.1, -0.05) is 48.5 Å². The average molecular weight is 394 g/mol. The second-order valence-corrected chi connectivity index (χ2v) is 7.49. The van der Waals surface area contributed by atoms with Crippen LogP contribution in [0.25, 0.3) is 11.1 Å². The first-order valence-electron chi connectivity index (χ1n) is 9.61. The predicted octanol–water partition coefficient (Wildman–Crippen LogP) is 2.59. The summed E-state index contributed by atoms with van der Waals surface area (Å²) in [6, 6.07) is 14.9. The maximum Gasteiger partial charge on any atom is 0.410 e. The Morgan fingerprint density at radius 1 is 1.00 bits per heavy atom. The normalized spacial score (nSPS) is 20.6. The molecule has 2 aromatic rings. The van der Waals surface area contributed by atoms with Gasteiger partial charge in [-0.2, -0.15) is 0 Å². The zero-order valence-corrected chi connectivity index (χ0v) is 15.8. The number of rotatable bonds is 4. The summed E-state index contributed by atoms with van der Waals surface area (Å²) in [7, 11) is 0. The lowest BCUT2D eigenvalue weighted by Crippen LogP contribution is -2.53. The number of carbonyl (C=O) groups is 3. The van der Waals surface area contributed by atoms with E-state index in [2.05, 4.69) is 0 Å². The minimum absolute atomic E-state index is 0.0387. The number of nitrogens with zero attached hydrogens (tertiary/aromatic N) is 1. The lowest BCUT2D eigenvalue weighted by atomic mass is 9.92. The maximum absolute atomic E-state index is 12.8. The lowest BCUT2D eigenvalue weighted by molar-refractivity contribution is -0.145. The van der Waals surface area contributed by atoms with Crippen molar-refractivity contribution in [3.05, 3.63) is 59.7 Å². The molecule has 2 aliphatic rings. The minimum atomic E-state index is -1.11. The lowest BCUT2D eigenvalue weighted by Gasteiger charge is -2.35. The largest absolute Gasteiger partial charge is 0.480 e. The van der Waals surface area contributed by atoms with E-state index in [-0.39, 0.29) is 25.5 Å². The molecule has 0 bridgehead atoms. The van der Waals surface area contributed by atoms with Crippen LogP contribution in [0, 0.1) is 5.92 Å². The molecule has 0 spiro atoms. The SMILES string of the molecule is NC(=O)C1CCC(C(=O)O)N(C(=O)OCC2c3ccccc3-c3ccccc32)C1. The zero-order chi connectivity index (χ0) is 20.5. The van der Waals surface area contributed by atoms with Gasteiger partial charge in [0.15, 0.2) is 0 Å². The molecule has 0 saturated carbocycles. The van der Waals surface area contributed by atoms with E-state index in [0.717, 1.165) is 27.2 Å². The first kappa shape index (κ1) is 19.0. The quantitative estimate of drug-likeness (QED) is 0.828. The van der Waals surface area contributed by atoms with Crippen LogP contribution in [-0.4, -0.2) is 47.2 Å². The van der Waals surface area contributed by atoms with E-state index in [1.165, 1.54) is 0 Å². The van der Waals surface area contributed by atoms with E-state index >= 15 is 0 Å². The van der Waals surface area contributed by atoms with Crippen molar-refractivity contribution in [1.82, 2.24) is 4.90 Å². The molecule has 3 N–H and O–H groups in total. The maximum atomic E-state index is 12.8. The monoisotopic (exact) mass is 394 g/mol. The van der Waals surface area contributed by atoms with Crippen LogP contribution in [0.4, 0.5) is 4.79 Å². The number of nitrogens with two attached hydrogens (primary N) is 1. The van der Waals surface area contributed by atoms with Crippen molar-refractivity contribution in [2.24, 2.45) is 11.7 Å². The number of fused-ring (bicyclic) bond motifs is 3. The van der Waals surface area contributed by atoms with Gasteiger partial charge < -0.3 is 15.6 Å². The Morgan fingerprint density at radius 3 is 2.14 bits per heavy atom. The number of hydrogen-bond donors (Lipinski definition) is 2. The highest BCUT2D eigenvalue weighted by Crippen LogP contribution is 2.44. The molecule has 7 nitrogen and oxygen atoms in total. The number of aliphatic carboxylic acids is 1. The van der Waals surface area contributed by atoms with E-state index in [1.807, 2.05) is 48.5 Å². The summed E-state index contributed by atoms with van der Waals surface area (Å²) < 4.78 is 5.56. The Bertz CT molecular complexity index is 928. The molecule has 2 atom stereocenters. The van der Waals surface area contributed by atoms with Crippen molar-refractivity contribution in [3.63, 3.8) is 0 Å². The summed E-state index contributed by atoms with van der Waals surface area (Å²) in [4.78, 5) is 37.0. The predicted molar refractivity (Wildman–Crippen MR) is 105 cm³/mol. The third-order valence-electron chi connectivity index (χ3n) is 5.84. The van der Waals surface area contributed by atoms with Crippen LogP contribution in [0.5, 0.6) is 0 Å². The summed E-state index contributed by atoms with van der Waals surface area (Å²) in [5.41, 5.74) is 9.73. The summed E-state index contributed by atoms with van der Waals surface area (Å²) in [5.74, 6) is -2.33. The molecule has 0 radical (unpaired) electrons. The van der Waals surface area contributed by atoms with Crippen molar-refractivity contribution in [2.45, 2.75) is 24.8 Å². The minimum Gasteiger partial charge on any atom is -0.480 e. The smallest absolute Gasteiger partial charge is 0.410 e. The van der Waals surface area contributed by atoms with Gasteiger partial charge in [-0.3, -0.25) is 9.69 Å². The van der Waals surface area contributed by atoms with Crippen LogP contribution in [0.3, 0.4) is 0 Å². The molecule has 1 heterocycles. The number of ether oxygens (including phenoxy) is 1. The van der Waals surface area contributed by atoms with Crippen LogP contribution >= 0.6 is 0 Å². The average Bonchev–Trinajstić information content (AvgIpc) is 3.05. The number of hydrogen-bond acceptors (Lipinski definition) is 4. The molecule has 2 aromatic carbocycles. The number of carboxylic acids is 1. The fraction of sp³-hybridized carbons (Fsp3) is 0.318. The third kappa shape index (κ3) is 3.44. The molecule has 2 unspecified atom stereocenters. The third-order valence-corrected chi connectivity index (χ3v) is 5.84. The van der Waals surface area contributed by atoms with Crippen LogP contribution in [0.1, 0.15) is 29.9 Å². The molecule has 150 valence electrons. The second kappa shape index (κ2) is 7.58. The van der Waals surface area contributed by atoms with Gasteiger partial charge in [0.1, 0.15) is 12.6 Å². The van der Waals surface area contributed by atoms with Crippen LogP contribution in [-0.2, 0) is 14.3 Å². The van der Waals surface area contributed by atoms with Gasteiger partial charge in [-0.15, -0.1) is 0 Å². The number of amides is 2. The van der Waals surface area contributed by atoms with Crippen LogP contribution in [0.2, 0.25) is 0 Å². The first-order chi connectivity index (χ1) is 14.0. The summed E-state index contributed by atoms with van der Waals surface area (Å²) >= 11 is 0. The van der Waals surface area contributed by atoms with Crippen molar-refractivity contribution in [2.75, 3.05) is 13.2 Å². The molecular weight excluding hydrogens is 372 g/mol. The molecule has 4 rings (SSSR count). The van der Waals surface area contributed by atoms with E-state index in [4.69, 9.17) is 10.5 Å². The van der Waals surface area contributed by atoms with Gasteiger partial charge in [0.05, 0.1) is 5.92 Å². The van der Waals surface area contributed by atoms with Gasteiger partial charge in [0.2, 0.25) is 5.91 Å². The number of piperidine rings is 1. The molecule has 1 aliphatic heterocycles. The Labute approximate surface area is 168 Å². The first-order valence-corrected chi connectivity index (χ1v) is 9.61. The second-order valence-electron chi connectivity index (χ2n) is 7.49. The summed E-state index contributed by atoms with van der Waals surface area (Å²) in [6.45, 7) is 0.0555. The van der Waals surface area contributed by atoms with Gasteiger partial charge in [0.25, 0.3) is 0 Å². The molecule has 0 aromatic heterocycles. The highest BCUT2D eigenvalue weighted by atomic mass is 16.6. The molecule has 1 fully saturated rings. The fourth-order valence-corrected chi connectivity index (χ4v) is 4.34. The molecule has 29 heavy (non-hydrogen) atoms. The Hall–Kier alpha value is -3.35. The topological polar surface area (TPSA) is 110 Å². The van der Waals surface area contributed by atoms with Gasteiger partial charge in [-0.25, -0.2) is 9.59 Å². The number of benzene rings is 2. The molecule has 2 amide bonds. The van der Waals surface area contributed by atoms with E-state index < -0.39 is 29.9 Å². The summed E-state index contributed by atoms with van der Waals surface area (Å²) in [6.07, 6.45) is -0.211. The number of likely N-dealkylation sites (tertiary alicyclic amines) is 1. The van der Waals surface area contributed by atoms with Crippen LogP contribution in [0.15, 0.2) is 48.5 Å². The Morgan fingerprint density at radius 2 is 1.59 bits per heavy atom. The Balaban J connectivity index is 1.53. The Kier molecular flexibility index (Phi) is 4.96. The van der Waals surface area contributed by atoms with E-state index in [0.29, 0.717) is 6.42 Å². The van der Waals surface area contributed by atoms with Crippen molar-refractivity contribution < 1.29 is 24.2 Å². The van der Waals surface area contributed by atoms with E-state index in [9.17, 15) is 19.5 Å². The molecule has 7 heteroatoms. The van der Waals surface area contributed by atoms with Gasteiger partial charge in [-0.05, 0) is 35.1 Å². The molecular formula is C22H22N2O5. The highest BCUT2D eigenvalue weighted by Gasteiger charge is 2.39. The van der Waals surface area contributed by atoms with Crippen molar-refractivity contribution in [1.29, 1.82) is 0 Å². The standard InChI is InChI=1S/C22H22N2O5/c23-20(25)13-9-10-19(21(26)27)24(11-13)22(28)29-12-18-16-7-3-1-5-14(16)15-6-2-4-8-17(15)18/h1-8,13,18-19H,9-12H2,(H2,23,25)(H,26,27). The highest BCUT2D eigenvalue weighted by molar-refractivity contribution is 5.83. The number of carboxylic acid groups (broad SMARTS) is 1. The van der Waals surface area contributed by atoms with Crippen LogP contribution < -0.4 is 5.73 Å². The molecule has 1 saturated heterocycles. The number of carbonyl (C=O) groups excluding carboxylic acids is 2.